The van der Waals surface area contributed by atoms with E-state index in [4.69, 9.17) is 5.73 Å². The first-order chi connectivity index (χ1) is 9.61. The lowest BCUT2D eigenvalue weighted by Gasteiger charge is -2.29. The molecule has 0 spiro atoms. The van der Waals surface area contributed by atoms with Gasteiger partial charge in [-0.05, 0) is 47.4 Å². The average Bonchev–Trinajstić information content (AvgIpc) is 2.38. The van der Waals surface area contributed by atoms with Crippen molar-refractivity contribution in [1.29, 1.82) is 0 Å². The van der Waals surface area contributed by atoms with E-state index in [9.17, 15) is 4.39 Å². The summed E-state index contributed by atoms with van der Waals surface area (Å²) in [5.41, 5.74) is 10.4. The Kier molecular flexibility index (Phi) is 3.76. The van der Waals surface area contributed by atoms with Gasteiger partial charge in [-0.25, -0.2) is 4.39 Å². The third-order valence-electron chi connectivity index (χ3n) is 3.72. The molecule has 4 heteroatoms. The Morgan fingerprint density at radius 3 is 2.90 bits per heavy atom. The minimum absolute atomic E-state index is 0.203. The molecule has 0 atom stereocenters. The average molecular weight is 335 g/mol. The predicted octanol–water partition coefficient (Wildman–Crippen LogP) is 3.73. The largest absolute Gasteiger partial charge is 0.398 e. The Labute approximate surface area is 126 Å². The molecular weight excluding hydrogens is 319 g/mol. The van der Waals surface area contributed by atoms with Crippen LogP contribution in [0, 0.1) is 5.82 Å². The monoisotopic (exact) mass is 334 g/mol. The molecule has 1 heterocycles. The lowest BCUT2D eigenvalue weighted by atomic mass is 9.98. The number of fused-ring (bicyclic) bond motifs is 1. The van der Waals surface area contributed by atoms with Gasteiger partial charge in [0.05, 0.1) is 0 Å². The lowest BCUT2D eigenvalue weighted by Crippen LogP contribution is -2.30. The molecule has 0 bridgehead atoms. The highest BCUT2D eigenvalue weighted by Crippen LogP contribution is 2.26. The van der Waals surface area contributed by atoms with Crippen LogP contribution in [-0.4, -0.2) is 11.4 Å². The first kappa shape index (κ1) is 13.6. The van der Waals surface area contributed by atoms with Crippen LogP contribution < -0.4 is 5.73 Å². The van der Waals surface area contributed by atoms with Gasteiger partial charge in [0, 0.05) is 29.8 Å². The quantitative estimate of drug-likeness (QED) is 0.848. The molecule has 2 aromatic rings. The Morgan fingerprint density at radius 1 is 1.25 bits per heavy atom. The molecule has 0 fully saturated rings. The Morgan fingerprint density at radius 2 is 2.10 bits per heavy atom. The summed E-state index contributed by atoms with van der Waals surface area (Å²) in [6.45, 7) is 2.55. The van der Waals surface area contributed by atoms with E-state index in [2.05, 4.69) is 26.9 Å². The molecule has 104 valence electrons. The highest BCUT2D eigenvalue weighted by molar-refractivity contribution is 9.10. The molecule has 0 aliphatic carbocycles. The van der Waals surface area contributed by atoms with E-state index >= 15 is 0 Å². The summed E-state index contributed by atoms with van der Waals surface area (Å²) >= 11 is 3.34. The summed E-state index contributed by atoms with van der Waals surface area (Å²) in [4.78, 5) is 2.31. The van der Waals surface area contributed by atoms with Crippen LogP contribution in [-0.2, 0) is 19.5 Å². The minimum atomic E-state index is -0.203. The van der Waals surface area contributed by atoms with Crippen LogP contribution in [0.15, 0.2) is 40.9 Å². The molecule has 0 saturated carbocycles. The zero-order valence-corrected chi connectivity index (χ0v) is 12.7. The number of hydrogen-bond acceptors (Lipinski definition) is 2. The van der Waals surface area contributed by atoms with Crippen LogP contribution >= 0.6 is 15.9 Å². The third-order valence-corrected chi connectivity index (χ3v) is 4.17. The van der Waals surface area contributed by atoms with Gasteiger partial charge in [-0.2, -0.15) is 0 Å². The highest BCUT2D eigenvalue weighted by atomic mass is 79.9. The molecule has 0 amide bonds. The first-order valence-corrected chi connectivity index (χ1v) is 7.45. The Bertz CT molecular complexity index is 622. The fraction of sp³-hybridized carbons (Fsp3) is 0.250. The van der Waals surface area contributed by atoms with E-state index in [-0.39, 0.29) is 5.82 Å². The zero-order chi connectivity index (χ0) is 14.1. The molecular formula is C16H16BrFN2. The van der Waals surface area contributed by atoms with E-state index < -0.39 is 0 Å². The van der Waals surface area contributed by atoms with Gasteiger partial charge in [0.1, 0.15) is 5.82 Å². The molecule has 0 radical (unpaired) electrons. The second-order valence-electron chi connectivity index (χ2n) is 5.22. The number of benzene rings is 2. The molecule has 2 N–H and O–H groups in total. The summed E-state index contributed by atoms with van der Waals surface area (Å²) in [6.07, 6.45) is 0.997. The molecule has 3 rings (SSSR count). The van der Waals surface area contributed by atoms with Crippen molar-refractivity contribution in [1.82, 2.24) is 4.90 Å². The van der Waals surface area contributed by atoms with Crippen molar-refractivity contribution in [2.24, 2.45) is 0 Å². The third kappa shape index (κ3) is 2.86. The molecule has 20 heavy (non-hydrogen) atoms. The number of nitrogens with two attached hydrogens (primary N) is 1. The van der Waals surface area contributed by atoms with Crippen molar-refractivity contribution in [3.63, 3.8) is 0 Å². The van der Waals surface area contributed by atoms with Crippen LogP contribution in [0.5, 0.6) is 0 Å². The van der Waals surface area contributed by atoms with Crippen molar-refractivity contribution >= 4 is 21.6 Å². The van der Waals surface area contributed by atoms with Crippen molar-refractivity contribution in [3.8, 4) is 0 Å². The highest BCUT2D eigenvalue weighted by Gasteiger charge is 2.18. The second-order valence-corrected chi connectivity index (χ2v) is 6.14. The SMILES string of the molecule is Nc1cccc2c1CN(Cc1cc(F)cc(Br)c1)CC2. The van der Waals surface area contributed by atoms with Gasteiger partial charge in [-0.1, -0.05) is 28.1 Å². The number of rotatable bonds is 2. The summed E-state index contributed by atoms with van der Waals surface area (Å²) in [5, 5.41) is 0. The van der Waals surface area contributed by atoms with E-state index in [0.717, 1.165) is 41.8 Å². The van der Waals surface area contributed by atoms with Crippen molar-refractivity contribution in [2.75, 3.05) is 12.3 Å². The number of nitrogens with zero attached hydrogens (tertiary/aromatic N) is 1. The van der Waals surface area contributed by atoms with E-state index in [0.29, 0.717) is 0 Å². The number of nitrogen functional groups attached to an aromatic ring is 1. The maximum absolute atomic E-state index is 13.4. The van der Waals surface area contributed by atoms with Crippen LogP contribution in [0.1, 0.15) is 16.7 Å². The second kappa shape index (κ2) is 5.54. The van der Waals surface area contributed by atoms with Gasteiger partial charge in [-0.15, -0.1) is 0 Å². The lowest BCUT2D eigenvalue weighted by molar-refractivity contribution is 0.246. The van der Waals surface area contributed by atoms with E-state index in [1.54, 1.807) is 6.07 Å². The maximum Gasteiger partial charge on any atom is 0.124 e. The van der Waals surface area contributed by atoms with Gasteiger partial charge in [0.25, 0.3) is 0 Å². The fourth-order valence-electron chi connectivity index (χ4n) is 2.76. The van der Waals surface area contributed by atoms with Crippen molar-refractivity contribution in [3.05, 3.63) is 63.4 Å². The Hall–Kier alpha value is -1.39. The molecule has 1 aliphatic rings. The number of anilines is 1. The van der Waals surface area contributed by atoms with E-state index in [1.807, 2.05) is 18.2 Å². The summed E-state index contributed by atoms with van der Waals surface area (Å²) in [5.74, 6) is -0.203. The van der Waals surface area contributed by atoms with Crippen LogP contribution in [0.4, 0.5) is 10.1 Å². The molecule has 0 aromatic heterocycles. The van der Waals surface area contributed by atoms with Gasteiger partial charge in [-0.3, -0.25) is 4.90 Å². The standard InChI is InChI=1S/C16H16BrFN2/c17-13-6-11(7-14(18)8-13)9-20-5-4-12-2-1-3-16(19)15(12)10-20/h1-3,6-8H,4-5,9-10,19H2. The molecule has 0 saturated heterocycles. The van der Waals surface area contributed by atoms with Gasteiger partial charge >= 0.3 is 0 Å². The summed E-state index contributed by atoms with van der Waals surface area (Å²) in [7, 11) is 0. The maximum atomic E-state index is 13.4. The normalized spacial score (nSPS) is 15.1. The smallest absolute Gasteiger partial charge is 0.124 e. The predicted molar refractivity (Wildman–Crippen MR) is 82.8 cm³/mol. The molecule has 1 aliphatic heterocycles. The van der Waals surface area contributed by atoms with Crippen LogP contribution in [0.25, 0.3) is 0 Å². The fourth-order valence-corrected chi connectivity index (χ4v) is 3.27. The minimum Gasteiger partial charge on any atom is -0.398 e. The van der Waals surface area contributed by atoms with Crippen molar-refractivity contribution < 1.29 is 4.39 Å². The topological polar surface area (TPSA) is 29.3 Å². The first-order valence-electron chi connectivity index (χ1n) is 6.65. The number of halogens is 2. The Balaban J connectivity index is 1.79. The molecule has 0 unspecified atom stereocenters. The van der Waals surface area contributed by atoms with Crippen LogP contribution in [0.2, 0.25) is 0 Å². The van der Waals surface area contributed by atoms with Gasteiger partial charge in [0.15, 0.2) is 0 Å². The number of hydrogen-bond donors (Lipinski definition) is 1. The van der Waals surface area contributed by atoms with Gasteiger partial charge in [0.2, 0.25) is 0 Å². The summed E-state index contributed by atoms with van der Waals surface area (Å²) in [6, 6.07) is 11.1. The van der Waals surface area contributed by atoms with E-state index in [1.165, 1.54) is 17.2 Å². The molecule has 2 aromatic carbocycles. The van der Waals surface area contributed by atoms with Crippen LogP contribution in [0.3, 0.4) is 0 Å². The van der Waals surface area contributed by atoms with Gasteiger partial charge < -0.3 is 5.73 Å². The molecule has 2 nitrogen and oxygen atoms in total. The summed E-state index contributed by atoms with van der Waals surface area (Å²) < 4.78 is 14.2. The van der Waals surface area contributed by atoms with Crippen molar-refractivity contribution in [2.45, 2.75) is 19.5 Å². The zero-order valence-electron chi connectivity index (χ0n) is 11.1.